The highest BCUT2D eigenvalue weighted by molar-refractivity contribution is 6.30. The van der Waals surface area contributed by atoms with Crippen molar-refractivity contribution in [2.75, 3.05) is 0 Å². The van der Waals surface area contributed by atoms with Gasteiger partial charge in [-0.1, -0.05) is 151 Å². The molecule has 0 aliphatic rings. The van der Waals surface area contributed by atoms with E-state index in [1.165, 1.54) is 0 Å². The van der Waals surface area contributed by atoms with Gasteiger partial charge in [-0.25, -0.2) is 0 Å². The predicted molar refractivity (Wildman–Crippen MR) is 210 cm³/mol. The van der Waals surface area contributed by atoms with Crippen LogP contribution in [0.25, 0.3) is 110 Å². The van der Waals surface area contributed by atoms with Crippen molar-refractivity contribution in [2.24, 2.45) is 0 Å². The molecule has 2 nitrogen and oxygen atoms in total. The van der Waals surface area contributed by atoms with Gasteiger partial charge < -0.3 is 8.83 Å². The third-order valence-corrected chi connectivity index (χ3v) is 9.91. The Morgan fingerprint density at radius 1 is 0.360 bits per heavy atom. The van der Waals surface area contributed by atoms with Crippen molar-refractivity contribution < 1.29 is 19.8 Å². The van der Waals surface area contributed by atoms with Crippen molar-refractivity contribution in [3.05, 3.63) is 170 Å². The SMILES string of the molecule is [2H]c1c([2H])c([2H])c2c(-c3cc4c5ccccc5oc4c4c3oc3ccccc34)c3c([2H])c([2H])c([2H])c([2H])c3c(-c3ccccc3-c3cccc4ccccc34)c2c1[2H]. The molecule has 232 valence electrons. The maximum Gasteiger partial charge on any atom is 0.147 e. The summed E-state index contributed by atoms with van der Waals surface area (Å²) in [6.45, 7) is 0. The van der Waals surface area contributed by atoms with Crippen LogP contribution in [0.15, 0.2) is 179 Å². The molecule has 2 heteroatoms. The minimum atomic E-state index is -0.470. The highest BCUT2D eigenvalue weighted by atomic mass is 16.3. The Balaban J connectivity index is 1.43. The van der Waals surface area contributed by atoms with E-state index in [2.05, 4.69) is 0 Å². The minimum absolute atomic E-state index is 0.111. The Kier molecular flexibility index (Phi) is 4.31. The smallest absolute Gasteiger partial charge is 0.147 e. The molecule has 0 saturated carbocycles. The fraction of sp³-hybridized carbons (Fsp3) is 0. The molecule has 0 aliphatic heterocycles. The molecular formula is C48H28O2. The molecule has 0 unspecified atom stereocenters. The summed E-state index contributed by atoms with van der Waals surface area (Å²) >= 11 is 0. The number of hydrogen-bond acceptors (Lipinski definition) is 2. The van der Waals surface area contributed by atoms with Gasteiger partial charge in [0.1, 0.15) is 22.3 Å². The quantitative estimate of drug-likeness (QED) is 0.179. The summed E-state index contributed by atoms with van der Waals surface area (Å²) in [5, 5.41) is 5.39. The Labute approximate surface area is 298 Å². The summed E-state index contributed by atoms with van der Waals surface area (Å²) < 4.78 is 87.8. The summed E-state index contributed by atoms with van der Waals surface area (Å²) in [7, 11) is 0. The Morgan fingerprint density at radius 2 is 0.860 bits per heavy atom. The molecule has 0 aliphatic carbocycles. The molecule has 2 heterocycles. The first-order valence-corrected chi connectivity index (χ1v) is 16.4. The van der Waals surface area contributed by atoms with Crippen LogP contribution in [0.1, 0.15) is 11.0 Å². The first-order chi connectivity index (χ1) is 28.2. The van der Waals surface area contributed by atoms with E-state index in [0.717, 1.165) is 38.1 Å². The van der Waals surface area contributed by atoms with E-state index in [4.69, 9.17) is 14.3 Å². The van der Waals surface area contributed by atoms with Crippen molar-refractivity contribution in [2.45, 2.75) is 0 Å². The topological polar surface area (TPSA) is 26.3 Å². The summed E-state index contributed by atoms with van der Waals surface area (Å²) in [5.41, 5.74) is 5.19. The fourth-order valence-electron chi connectivity index (χ4n) is 7.81. The molecule has 9 aromatic carbocycles. The van der Waals surface area contributed by atoms with Crippen LogP contribution in [0, 0.1) is 0 Å². The van der Waals surface area contributed by atoms with E-state index >= 15 is 0 Å². The van der Waals surface area contributed by atoms with Crippen LogP contribution in [0.2, 0.25) is 0 Å². The second-order valence-corrected chi connectivity index (χ2v) is 12.5. The summed E-state index contributed by atoms with van der Waals surface area (Å²) in [4.78, 5) is 0. The van der Waals surface area contributed by atoms with Crippen LogP contribution in [0.3, 0.4) is 0 Å². The van der Waals surface area contributed by atoms with Gasteiger partial charge in [-0.15, -0.1) is 0 Å². The summed E-state index contributed by atoms with van der Waals surface area (Å²) in [5.74, 6) is 0. The van der Waals surface area contributed by atoms with Gasteiger partial charge in [0.2, 0.25) is 0 Å². The highest BCUT2D eigenvalue weighted by Crippen LogP contribution is 2.50. The molecule has 0 N–H and O–H groups in total. The number of furan rings is 2. The van der Waals surface area contributed by atoms with Gasteiger partial charge in [0.15, 0.2) is 0 Å². The van der Waals surface area contributed by atoms with E-state index in [1.54, 1.807) is 0 Å². The number of rotatable bonds is 3. The van der Waals surface area contributed by atoms with Crippen molar-refractivity contribution in [3.8, 4) is 33.4 Å². The number of fused-ring (bicyclic) bond motifs is 10. The van der Waals surface area contributed by atoms with Gasteiger partial charge in [0, 0.05) is 27.3 Å². The average Bonchev–Trinajstić information content (AvgIpc) is 3.83. The first-order valence-electron chi connectivity index (χ1n) is 20.4. The zero-order chi connectivity index (χ0) is 39.7. The molecule has 0 bridgehead atoms. The maximum atomic E-state index is 9.64. The zero-order valence-corrected chi connectivity index (χ0v) is 26.4. The third kappa shape index (κ3) is 3.79. The molecule has 0 amide bonds. The Bertz CT molecular complexity index is 3530. The molecule has 0 spiro atoms. The molecule has 0 fully saturated rings. The molecule has 2 aromatic heterocycles. The van der Waals surface area contributed by atoms with Gasteiger partial charge >= 0.3 is 0 Å². The average molecular weight is 645 g/mol. The van der Waals surface area contributed by atoms with Gasteiger partial charge in [-0.05, 0) is 72.8 Å². The number of hydrogen-bond donors (Lipinski definition) is 0. The standard InChI is InChI=1S/C48H28O2/c1-2-16-30-29(14-1)15-13-25-31(30)32-17-3-4-19-34(32)44-35-20-5-7-22-37(35)45(38-23-8-6-21-36(38)44)41-28-40-33-18-9-11-26-42(33)49-47(40)46-39-24-10-12-27-43(39)50-48(41)46/h1-28H/i5D,6D,7D,8D,20D,21D,22D,23D. The lowest BCUT2D eigenvalue weighted by molar-refractivity contribution is 0.663. The van der Waals surface area contributed by atoms with Crippen molar-refractivity contribution >= 4 is 76.2 Å². The molecule has 0 radical (unpaired) electrons. The monoisotopic (exact) mass is 644 g/mol. The first kappa shape index (κ1) is 20.7. The lowest BCUT2D eigenvalue weighted by Crippen LogP contribution is -1.93. The number of benzene rings is 9. The molecule has 11 aromatic rings. The van der Waals surface area contributed by atoms with Crippen molar-refractivity contribution in [3.63, 3.8) is 0 Å². The normalized spacial score (nSPS) is 14.2. The van der Waals surface area contributed by atoms with E-state index < -0.39 is 24.2 Å². The fourth-order valence-corrected chi connectivity index (χ4v) is 7.81. The van der Waals surface area contributed by atoms with Gasteiger partial charge in [0.25, 0.3) is 0 Å². The molecule has 11 rings (SSSR count). The Hall–Kier alpha value is -6.64. The third-order valence-electron chi connectivity index (χ3n) is 9.91. The number of para-hydroxylation sites is 2. The van der Waals surface area contributed by atoms with Crippen molar-refractivity contribution in [1.29, 1.82) is 0 Å². The van der Waals surface area contributed by atoms with Crippen LogP contribution < -0.4 is 0 Å². The summed E-state index contributed by atoms with van der Waals surface area (Å²) in [6.07, 6.45) is 0. The highest BCUT2D eigenvalue weighted by Gasteiger charge is 2.25. The van der Waals surface area contributed by atoms with E-state index in [1.807, 2.05) is 121 Å². The van der Waals surface area contributed by atoms with Crippen LogP contribution >= 0.6 is 0 Å². The second-order valence-electron chi connectivity index (χ2n) is 12.5. The van der Waals surface area contributed by atoms with E-state index in [9.17, 15) is 5.48 Å². The lowest BCUT2D eigenvalue weighted by Gasteiger charge is -2.20. The van der Waals surface area contributed by atoms with Crippen LogP contribution in [-0.2, 0) is 0 Å². The van der Waals surface area contributed by atoms with Gasteiger partial charge in [-0.3, -0.25) is 0 Å². The zero-order valence-electron chi connectivity index (χ0n) is 34.4. The Morgan fingerprint density at radius 3 is 1.58 bits per heavy atom. The van der Waals surface area contributed by atoms with E-state index in [0.29, 0.717) is 38.8 Å². The molecule has 50 heavy (non-hydrogen) atoms. The summed E-state index contributed by atoms with van der Waals surface area (Å²) in [6, 6.07) is 35.3. The van der Waals surface area contributed by atoms with Gasteiger partial charge in [0.05, 0.1) is 16.4 Å². The minimum Gasteiger partial charge on any atom is -0.455 e. The van der Waals surface area contributed by atoms with Crippen molar-refractivity contribution in [1.82, 2.24) is 0 Å². The van der Waals surface area contributed by atoms with Crippen LogP contribution in [-0.4, -0.2) is 0 Å². The lowest BCUT2D eigenvalue weighted by atomic mass is 9.83. The second kappa shape index (κ2) is 10.4. The largest absolute Gasteiger partial charge is 0.455 e. The maximum absolute atomic E-state index is 9.64. The van der Waals surface area contributed by atoms with Gasteiger partial charge in [-0.2, -0.15) is 0 Å². The van der Waals surface area contributed by atoms with Crippen LogP contribution in [0.4, 0.5) is 0 Å². The predicted octanol–water partition coefficient (Wildman–Crippen LogP) is 13.9. The molecule has 0 atom stereocenters. The molecule has 0 saturated heterocycles. The molecular weight excluding hydrogens is 609 g/mol. The van der Waals surface area contributed by atoms with Crippen LogP contribution in [0.5, 0.6) is 0 Å². The van der Waals surface area contributed by atoms with E-state index in [-0.39, 0.29) is 56.8 Å².